The maximum absolute atomic E-state index is 10.4. The lowest BCUT2D eigenvalue weighted by Gasteiger charge is -2.56. The van der Waals surface area contributed by atoms with Gasteiger partial charge in [-0.25, -0.2) is 0 Å². The first-order valence-corrected chi connectivity index (χ1v) is 8.46. The van der Waals surface area contributed by atoms with Crippen LogP contribution < -0.4 is 5.73 Å². The fourth-order valence-electron chi connectivity index (χ4n) is 5.71. The molecule has 4 rings (SSSR count). The van der Waals surface area contributed by atoms with Gasteiger partial charge >= 0.3 is 0 Å². The van der Waals surface area contributed by atoms with E-state index >= 15 is 0 Å². The van der Waals surface area contributed by atoms with E-state index in [1.54, 1.807) is 5.57 Å². The van der Waals surface area contributed by atoms with Gasteiger partial charge in [0.05, 0.1) is 6.10 Å². The Labute approximate surface area is 127 Å². The third-order valence-corrected chi connectivity index (χ3v) is 7.15. The van der Waals surface area contributed by atoms with Gasteiger partial charge in [0.2, 0.25) is 0 Å². The summed E-state index contributed by atoms with van der Waals surface area (Å²) in [6.45, 7) is 4.70. The molecule has 4 aliphatic carbocycles. The summed E-state index contributed by atoms with van der Waals surface area (Å²) in [5.41, 5.74) is 7.94. The molecule has 2 heteroatoms. The topological polar surface area (TPSA) is 46.2 Å². The highest BCUT2D eigenvalue weighted by molar-refractivity contribution is 5.34. The molecule has 0 amide bonds. The van der Waals surface area contributed by atoms with Crippen molar-refractivity contribution in [2.45, 2.75) is 51.7 Å². The zero-order chi connectivity index (χ0) is 14.8. The van der Waals surface area contributed by atoms with E-state index in [4.69, 9.17) is 5.73 Å². The predicted octanol–water partition coefficient (Wildman–Crippen LogP) is 3.19. The molecule has 0 aromatic carbocycles. The van der Waals surface area contributed by atoms with Crippen molar-refractivity contribution < 1.29 is 5.11 Å². The molecule has 0 radical (unpaired) electrons. The Morgan fingerprint density at radius 2 is 2.05 bits per heavy atom. The highest BCUT2D eigenvalue weighted by atomic mass is 16.3. The van der Waals surface area contributed by atoms with Crippen LogP contribution in [0.15, 0.2) is 36.0 Å². The fourth-order valence-corrected chi connectivity index (χ4v) is 5.71. The molecule has 0 aliphatic heterocycles. The molecule has 1 saturated carbocycles. The van der Waals surface area contributed by atoms with Crippen LogP contribution in [0.1, 0.15) is 39.5 Å². The van der Waals surface area contributed by atoms with Gasteiger partial charge in [-0.3, -0.25) is 0 Å². The van der Waals surface area contributed by atoms with Crippen molar-refractivity contribution in [2.75, 3.05) is 0 Å². The number of allylic oxidation sites excluding steroid dienone is 3. The Balaban J connectivity index is 1.72. The molecular formula is C19H27NO. The van der Waals surface area contributed by atoms with Crippen molar-refractivity contribution in [1.29, 1.82) is 0 Å². The van der Waals surface area contributed by atoms with Crippen LogP contribution in [0.4, 0.5) is 0 Å². The molecule has 21 heavy (non-hydrogen) atoms. The monoisotopic (exact) mass is 285 g/mol. The quantitative estimate of drug-likeness (QED) is 0.671. The van der Waals surface area contributed by atoms with E-state index in [1.165, 1.54) is 6.42 Å². The number of hydrogen-bond donors (Lipinski definition) is 2. The van der Waals surface area contributed by atoms with Crippen LogP contribution in [-0.4, -0.2) is 17.3 Å². The summed E-state index contributed by atoms with van der Waals surface area (Å²) in [5, 5.41) is 10.4. The number of aliphatic hydroxyl groups excluding tert-OH is 1. The van der Waals surface area contributed by atoms with E-state index in [0.29, 0.717) is 17.8 Å². The standard InChI is InChI=1S/C19H27NO/c1-18-9-7-13(20)11-12(18)3-4-14-15-5-6-17(21)19(15,2)10-8-16(14)18/h3,5-7,9,13-17,21H,4,8,10-11,20H2,1-2H3/t13?,14-,15-,16+,17?,18-,19-/m0/s1. The number of rotatable bonds is 0. The van der Waals surface area contributed by atoms with Crippen LogP contribution in [0.3, 0.4) is 0 Å². The van der Waals surface area contributed by atoms with Gasteiger partial charge in [-0.1, -0.05) is 49.8 Å². The van der Waals surface area contributed by atoms with Gasteiger partial charge in [0.15, 0.2) is 0 Å². The molecule has 114 valence electrons. The average molecular weight is 285 g/mol. The van der Waals surface area contributed by atoms with Crippen LogP contribution in [0.25, 0.3) is 0 Å². The van der Waals surface area contributed by atoms with E-state index in [0.717, 1.165) is 19.3 Å². The van der Waals surface area contributed by atoms with E-state index in [1.807, 2.05) is 6.08 Å². The summed E-state index contributed by atoms with van der Waals surface area (Å²) in [6.07, 6.45) is 15.7. The van der Waals surface area contributed by atoms with E-state index in [-0.39, 0.29) is 23.0 Å². The predicted molar refractivity (Wildman–Crippen MR) is 85.5 cm³/mol. The minimum atomic E-state index is -0.253. The lowest BCUT2D eigenvalue weighted by molar-refractivity contribution is -0.0437. The van der Waals surface area contributed by atoms with Crippen molar-refractivity contribution in [1.82, 2.24) is 0 Å². The van der Waals surface area contributed by atoms with Crippen molar-refractivity contribution in [2.24, 2.45) is 34.3 Å². The number of aliphatic hydroxyl groups is 1. The molecular weight excluding hydrogens is 258 g/mol. The van der Waals surface area contributed by atoms with Crippen molar-refractivity contribution in [3.05, 3.63) is 36.0 Å². The van der Waals surface area contributed by atoms with Gasteiger partial charge in [0.1, 0.15) is 0 Å². The summed E-state index contributed by atoms with van der Waals surface area (Å²) in [4.78, 5) is 0. The number of hydrogen-bond acceptors (Lipinski definition) is 2. The molecule has 0 aromatic rings. The second-order valence-electron chi connectivity index (χ2n) is 8.15. The third-order valence-electron chi connectivity index (χ3n) is 7.15. The summed E-state index contributed by atoms with van der Waals surface area (Å²) < 4.78 is 0. The first kappa shape index (κ1) is 13.8. The molecule has 1 fully saturated rings. The molecule has 3 N–H and O–H groups in total. The van der Waals surface area contributed by atoms with Crippen molar-refractivity contribution in [3.8, 4) is 0 Å². The Morgan fingerprint density at radius 1 is 1.24 bits per heavy atom. The van der Waals surface area contributed by atoms with Crippen LogP contribution in [0.5, 0.6) is 0 Å². The fraction of sp³-hybridized carbons (Fsp3) is 0.684. The highest BCUT2D eigenvalue weighted by Gasteiger charge is 2.56. The summed E-state index contributed by atoms with van der Waals surface area (Å²) in [5.74, 6) is 1.91. The summed E-state index contributed by atoms with van der Waals surface area (Å²) in [6, 6.07) is 0.197. The molecule has 0 spiro atoms. The Hall–Kier alpha value is -0.860. The molecule has 7 atom stereocenters. The van der Waals surface area contributed by atoms with Gasteiger partial charge in [0.25, 0.3) is 0 Å². The Bertz CT molecular complexity index is 548. The number of nitrogens with two attached hydrogens (primary N) is 1. The maximum atomic E-state index is 10.4. The number of fused-ring (bicyclic) bond motifs is 5. The van der Waals surface area contributed by atoms with E-state index in [9.17, 15) is 5.11 Å². The third kappa shape index (κ3) is 1.72. The SMILES string of the molecule is C[C@]12C=CC(N)CC1=CC[C@@H]1[C@H]2CC[C@]2(C)C(O)C=C[C@@H]12. The molecule has 2 nitrogen and oxygen atoms in total. The van der Waals surface area contributed by atoms with Gasteiger partial charge in [-0.05, 0) is 43.4 Å². The lowest BCUT2D eigenvalue weighted by Crippen LogP contribution is -2.50. The Morgan fingerprint density at radius 3 is 2.86 bits per heavy atom. The van der Waals surface area contributed by atoms with Gasteiger partial charge in [0, 0.05) is 16.9 Å². The largest absolute Gasteiger partial charge is 0.388 e. The van der Waals surface area contributed by atoms with Gasteiger partial charge in [-0.15, -0.1) is 0 Å². The average Bonchev–Trinajstić information content (AvgIpc) is 2.76. The van der Waals surface area contributed by atoms with E-state index in [2.05, 4.69) is 38.2 Å². The zero-order valence-corrected chi connectivity index (χ0v) is 13.1. The lowest BCUT2D eigenvalue weighted by atomic mass is 9.49. The highest BCUT2D eigenvalue weighted by Crippen LogP contribution is 2.62. The summed E-state index contributed by atoms with van der Waals surface area (Å²) >= 11 is 0. The Kier molecular flexibility index (Phi) is 2.84. The molecule has 4 aliphatic rings. The minimum Gasteiger partial charge on any atom is -0.388 e. The van der Waals surface area contributed by atoms with Crippen molar-refractivity contribution >= 4 is 0 Å². The first-order chi connectivity index (χ1) is 9.95. The van der Waals surface area contributed by atoms with Gasteiger partial charge in [-0.2, -0.15) is 0 Å². The first-order valence-electron chi connectivity index (χ1n) is 8.46. The second kappa shape index (κ2) is 4.33. The van der Waals surface area contributed by atoms with Crippen LogP contribution in [-0.2, 0) is 0 Å². The molecule has 2 unspecified atom stereocenters. The maximum Gasteiger partial charge on any atom is 0.0780 e. The second-order valence-corrected chi connectivity index (χ2v) is 8.15. The van der Waals surface area contributed by atoms with Crippen LogP contribution in [0.2, 0.25) is 0 Å². The molecule has 0 bridgehead atoms. The summed E-state index contributed by atoms with van der Waals surface area (Å²) in [7, 11) is 0. The van der Waals surface area contributed by atoms with Crippen LogP contribution in [0, 0.1) is 28.6 Å². The minimum absolute atomic E-state index is 0.0671. The van der Waals surface area contributed by atoms with Crippen LogP contribution >= 0.6 is 0 Å². The smallest absolute Gasteiger partial charge is 0.0780 e. The molecule has 0 heterocycles. The van der Waals surface area contributed by atoms with Crippen molar-refractivity contribution in [3.63, 3.8) is 0 Å². The van der Waals surface area contributed by atoms with Gasteiger partial charge < -0.3 is 10.8 Å². The van der Waals surface area contributed by atoms with E-state index < -0.39 is 0 Å². The zero-order valence-electron chi connectivity index (χ0n) is 13.1. The molecule has 0 saturated heterocycles. The molecule has 0 aromatic heterocycles. The normalized spacial score (nSPS) is 54.7.